The molecule has 20 bridgehead atoms. The molecule has 422 valence electrons. The van der Waals surface area contributed by atoms with Gasteiger partial charge in [-0.05, 0) is 266 Å². The van der Waals surface area contributed by atoms with Crippen LogP contribution in [-0.2, 0) is 4.74 Å². The van der Waals surface area contributed by atoms with E-state index in [-0.39, 0.29) is 16.9 Å². The highest BCUT2D eigenvalue weighted by atomic mass is 16.5. The lowest BCUT2D eigenvalue weighted by Gasteiger charge is -2.57. The molecule has 0 aromatic heterocycles. The first-order chi connectivity index (χ1) is 39.1. The Kier molecular flexibility index (Phi) is 13.8. The molecular formula is C78H99NO. The molecule has 2 nitrogen and oxygen atoms in total. The van der Waals surface area contributed by atoms with Crippen LogP contribution in [0.15, 0.2) is 142 Å². The second-order valence-corrected chi connectivity index (χ2v) is 29.9. The van der Waals surface area contributed by atoms with E-state index < -0.39 is 0 Å². The lowest BCUT2D eigenvalue weighted by atomic mass is 9.48. The zero-order chi connectivity index (χ0) is 54.0. The fourth-order valence-electron chi connectivity index (χ4n) is 22.4. The Morgan fingerprint density at radius 3 is 2.00 bits per heavy atom. The number of nitrogens with one attached hydrogen (secondary N) is 1. The summed E-state index contributed by atoms with van der Waals surface area (Å²) in [6, 6.07) is 5.51. The molecule has 1 saturated carbocycles. The summed E-state index contributed by atoms with van der Waals surface area (Å²) in [5.74, 6) is 10.0. The number of hydrogen-bond donors (Lipinski definition) is 1. The quantitative estimate of drug-likeness (QED) is 0.304. The van der Waals surface area contributed by atoms with Gasteiger partial charge in [-0.25, -0.2) is 0 Å². The third-order valence-electron chi connectivity index (χ3n) is 26.9. The summed E-state index contributed by atoms with van der Waals surface area (Å²) in [4.78, 5) is 0. The van der Waals surface area contributed by atoms with Gasteiger partial charge >= 0.3 is 0 Å². The Bertz CT molecular complexity index is 3020. The van der Waals surface area contributed by atoms with E-state index in [0.29, 0.717) is 71.1 Å². The molecule has 2 fully saturated rings. The Morgan fingerprint density at radius 1 is 0.562 bits per heavy atom. The fourth-order valence-corrected chi connectivity index (χ4v) is 22.4. The maximum Gasteiger partial charge on any atom is 0.0677 e. The molecule has 1 aromatic rings. The number of piperidine rings is 1. The lowest BCUT2D eigenvalue weighted by molar-refractivity contribution is -0.0284. The first-order valence-electron chi connectivity index (χ1n) is 33.9. The number of hydrogen-bond acceptors (Lipinski definition) is 2. The van der Waals surface area contributed by atoms with Crippen molar-refractivity contribution >= 4 is 12.2 Å². The second-order valence-electron chi connectivity index (χ2n) is 29.9. The van der Waals surface area contributed by atoms with E-state index in [9.17, 15) is 0 Å². The topological polar surface area (TPSA) is 21.3 Å². The Balaban J connectivity index is 0.764. The van der Waals surface area contributed by atoms with E-state index in [1.165, 1.54) is 146 Å². The van der Waals surface area contributed by atoms with Crippen LogP contribution in [0.4, 0.5) is 0 Å². The summed E-state index contributed by atoms with van der Waals surface area (Å²) in [5.41, 5.74) is 20.1. The molecule has 0 spiro atoms. The SMILES string of the molecule is CCCC1(C)C2=CCC(CC2)C2CCC3CC=C(CCC3CC2)C2=CC=C3C=CC4=CCC(C5=CC=C(CC5)C5=CCC(CC5)C5C=CC(CC5)C(C)(CC)C5C=Cc6ccc7c8c6C5C(C)C(OC)C8C1C=C7)C1NCC2C3C41. The summed E-state index contributed by atoms with van der Waals surface area (Å²) >= 11 is 0. The standard InChI is InChI=1S/C78H99NO/c1-7-45-78(5)63-39-31-55(32-40-63)50-13-15-51-17-21-56(22-18-52(51)16-14-50)64-41-33-58-25-28-61-34-42-65(75-73(61)70(58)66(64)46-79-75)57-23-19-53(20-24-57)48-9-11-49(12-10-48)54-29-37-62(38-30-54)77(4,8-2)67-43-35-59-26-27-60-36-44-68(78)74-72(60)71(59)69(67)47(3)76(74)80-6/h9,19,21,23,25-29,33-37,39,41,43-44,47,49-52,54-55,62,65-70,73-76,79H,7-8,10-18,20,22,24,30-32,38,40,42,45-46H2,1-6H3. The van der Waals surface area contributed by atoms with Gasteiger partial charge in [0.05, 0.1) is 6.10 Å². The highest BCUT2D eigenvalue weighted by molar-refractivity contribution is 5.71. The van der Waals surface area contributed by atoms with Gasteiger partial charge < -0.3 is 10.1 Å². The Hall–Kier alpha value is -3.98. The monoisotopic (exact) mass is 1070 g/mol. The summed E-state index contributed by atoms with van der Waals surface area (Å²) < 4.78 is 7.03. The van der Waals surface area contributed by atoms with Crippen LogP contribution in [0.2, 0.25) is 0 Å². The van der Waals surface area contributed by atoms with E-state index in [4.69, 9.17) is 4.74 Å². The summed E-state index contributed by atoms with van der Waals surface area (Å²) in [5, 5.41) is 4.36. The maximum absolute atomic E-state index is 7.03. The lowest BCUT2D eigenvalue weighted by Crippen LogP contribution is -2.58. The van der Waals surface area contributed by atoms with E-state index in [2.05, 4.69) is 156 Å². The molecule has 29 rings (SSSR count). The van der Waals surface area contributed by atoms with Crippen molar-refractivity contribution in [2.75, 3.05) is 13.7 Å². The van der Waals surface area contributed by atoms with Crippen LogP contribution in [0.3, 0.4) is 0 Å². The third-order valence-corrected chi connectivity index (χ3v) is 26.9. The molecule has 28 aliphatic rings. The van der Waals surface area contributed by atoms with Gasteiger partial charge in [0, 0.05) is 43.4 Å². The van der Waals surface area contributed by atoms with Crippen molar-refractivity contribution in [1.82, 2.24) is 5.32 Å². The summed E-state index contributed by atoms with van der Waals surface area (Å²) in [7, 11) is 2.08. The molecule has 80 heavy (non-hydrogen) atoms. The van der Waals surface area contributed by atoms with Crippen LogP contribution in [-0.4, -0.2) is 25.8 Å². The van der Waals surface area contributed by atoms with Gasteiger partial charge in [-0.3, -0.25) is 0 Å². The predicted octanol–water partition coefficient (Wildman–Crippen LogP) is 19.5. The van der Waals surface area contributed by atoms with Gasteiger partial charge in [0.15, 0.2) is 0 Å². The van der Waals surface area contributed by atoms with Crippen LogP contribution < -0.4 is 5.32 Å². The minimum absolute atomic E-state index is 0.113. The van der Waals surface area contributed by atoms with Gasteiger partial charge in [0.2, 0.25) is 0 Å². The number of allylic oxidation sites excluding steroid dienone is 19. The zero-order valence-corrected chi connectivity index (χ0v) is 50.2. The van der Waals surface area contributed by atoms with Gasteiger partial charge in [0.25, 0.3) is 0 Å². The van der Waals surface area contributed by atoms with Gasteiger partial charge in [0.1, 0.15) is 0 Å². The smallest absolute Gasteiger partial charge is 0.0677 e. The van der Waals surface area contributed by atoms with Gasteiger partial charge in [-0.1, -0.05) is 162 Å². The molecule has 2 heteroatoms. The predicted molar refractivity (Wildman–Crippen MR) is 335 cm³/mol. The minimum Gasteiger partial charge on any atom is -0.380 e. The average Bonchev–Trinajstić information content (AvgIpc) is 3.57. The van der Waals surface area contributed by atoms with Crippen molar-refractivity contribution < 1.29 is 4.74 Å². The first kappa shape index (κ1) is 52.8. The normalized spacial score (nSPS) is 43.8. The van der Waals surface area contributed by atoms with Crippen molar-refractivity contribution in [3.63, 3.8) is 0 Å². The highest BCUT2D eigenvalue weighted by Gasteiger charge is 2.57. The Morgan fingerprint density at radius 2 is 1.27 bits per heavy atom. The van der Waals surface area contributed by atoms with Crippen molar-refractivity contribution in [2.45, 2.75) is 193 Å². The molecule has 20 unspecified atom stereocenters. The Labute approximate surface area is 484 Å². The van der Waals surface area contributed by atoms with Gasteiger partial charge in [-0.15, -0.1) is 0 Å². The molecular weight excluding hydrogens is 967 g/mol. The number of methoxy groups -OCH3 is 1. The van der Waals surface area contributed by atoms with E-state index >= 15 is 0 Å². The zero-order valence-electron chi connectivity index (χ0n) is 50.2. The molecule has 0 amide bonds. The van der Waals surface area contributed by atoms with Crippen LogP contribution >= 0.6 is 0 Å². The van der Waals surface area contributed by atoms with E-state index in [0.717, 1.165) is 36.1 Å². The van der Waals surface area contributed by atoms with Crippen LogP contribution in [0.1, 0.15) is 204 Å². The van der Waals surface area contributed by atoms with E-state index in [1.807, 2.05) is 0 Å². The van der Waals surface area contributed by atoms with Crippen molar-refractivity contribution in [2.24, 2.45) is 93.7 Å². The fraction of sp³-hybridized carbons (Fsp3) is 0.615. The molecule has 16 heterocycles. The average molecular weight is 1070 g/mol. The minimum atomic E-state index is 0.113. The largest absolute Gasteiger partial charge is 0.380 e. The van der Waals surface area contributed by atoms with Gasteiger partial charge in [-0.2, -0.15) is 0 Å². The van der Waals surface area contributed by atoms with Crippen molar-refractivity contribution in [3.8, 4) is 0 Å². The van der Waals surface area contributed by atoms with Crippen LogP contribution in [0.5, 0.6) is 0 Å². The summed E-state index contributed by atoms with van der Waals surface area (Å²) in [6.07, 6.45) is 70.2. The molecule has 1 N–H and O–H groups in total. The van der Waals surface area contributed by atoms with E-state index in [1.54, 1.807) is 55.7 Å². The third kappa shape index (κ3) is 8.46. The summed E-state index contributed by atoms with van der Waals surface area (Å²) in [6.45, 7) is 14.2. The number of ether oxygens (including phenoxy) is 1. The molecule has 1 aromatic carbocycles. The van der Waals surface area contributed by atoms with Crippen molar-refractivity contribution in [1.29, 1.82) is 0 Å². The highest BCUT2D eigenvalue weighted by Crippen LogP contribution is 2.65. The molecule has 16 aliphatic heterocycles. The van der Waals surface area contributed by atoms with Crippen molar-refractivity contribution in [3.05, 3.63) is 164 Å². The number of rotatable bonds is 4. The maximum atomic E-state index is 7.03. The van der Waals surface area contributed by atoms with Crippen LogP contribution in [0, 0.1) is 93.7 Å². The molecule has 12 aliphatic carbocycles. The molecule has 1 saturated heterocycles. The second kappa shape index (κ2) is 21.0. The number of benzene rings is 1. The molecule has 0 radical (unpaired) electrons. The first-order valence-corrected chi connectivity index (χ1v) is 33.9. The van der Waals surface area contributed by atoms with Crippen LogP contribution in [0.25, 0.3) is 12.2 Å². The molecule has 20 atom stereocenters.